The lowest BCUT2D eigenvalue weighted by atomic mass is 9.98. The Morgan fingerprint density at radius 2 is 1.12 bits per heavy atom. The molecule has 1 rings (SSSR count). The van der Waals surface area contributed by atoms with Gasteiger partial charge in [0.25, 0.3) is 0 Å². The Morgan fingerprint density at radius 1 is 0.660 bits per heavy atom. The Labute approximate surface area is 300 Å². The van der Waals surface area contributed by atoms with E-state index in [0.29, 0.717) is 19.3 Å². The number of ether oxygens (including phenoxy) is 1. The number of carboxylic acid groups (broad SMARTS) is 1. The summed E-state index contributed by atoms with van der Waals surface area (Å²) in [6.45, 7) is 15.9. The maximum Gasteiger partial charge on any atom is 0.328 e. The Kier molecular flexibility index (Phi) is 21.6. The SMILES string of the molecule is CCC(C)CCCCCCCC[C@@H]1CC(=O)N[C@@H](CCC(=O)O)C(=O)N[C@@H](CC(C)C)C(=O)N[C@H](CC(C)C)C(=O)N[C@@H](CC(C)C)C(=O)O1. The van der Waals surface area contributed by atoms with Crippen LogP contribution in [0.5, 0.6) is 0 Å². The average molecular weight is 709 g/mol. The maximum absolute atomic E-state index is 13.7. The number of esters is 1. The van der Waals surface area contributed by atoms with E-state index in [0.717, 1.165) is 38.0 Å². The number of nitrogens with one attached hydrogen (secondary N) is 4. The Balaban J connectivity index is 3.36. The number of rotatable bonds is 19. The van der Waals surface area contributed by atoms with E-state index in [1.165, 1.54) is 19.3 Å². The first kappa shape index (κ1) is 44.8. The predicted octanol–water partition coefficient (Wildman–Crippen LogP) is 5.41. The molecule has 12 nitrogen and oxygen atoms in total. The summed E-state index contributed by atoms with van der Waals surface area (Å²) in [4.78, 5) is 79.3. The molecule has 0 aromatic carbocycles. The van der Waals surface area contributed by atoms with Crippen molar-refractivity contribution in [2.75, 3.05) is 0 Å². The average Bonchev–Trinajstić information content (AvgIpc) is 3.01. The van der Waals surface area contributed by atoms with Crippen LogP contribution in [0.3, 0.4) is 0 Å². The van der Waals surface area contributed by atoms with Crippen LogP contribution in [-0.2, 0) is 33.5 Å². The molecule has 1 aliphatic rings. The second-order valence-electron chi connectivity index (χ2n) is 15.6. The largest absolute Gasteiger partial charge is 0.481 e. The highest BCUT2D eigenvalue weighted by molar-refractivity contribution is 5.95. The highest BCUT2D eigenvalue weighted by Gasteiger charge is 2.34. The molecule has 1 unspecified atom stereocenters. The first-order valence-corrected chi connectivity index (χ1v) is 19.1. The van der Waals surface area contributed by atoms with E-state index in [-0.39, 0.29) is 43.4 Å². The van der Waals surface area contributed by atoms with Crippen molar-refractivity contribution in [2.45, 2.75) is 182 Å². The second kappa shape index (κ2) is 24.1. The fourth-order valence-electron chi connectivity index (χ4n) is 6.13. The molecule has 1 saturated heterocycles. The molecule has 4 amide bonds. The number of carbonyl (C=O) groups is 6. The van der Waals surface area contributed by atoms with Gasteiger partial charge >= 0.3 is 11.9 Å². The summed E-state index contributed by atoms with van der Waals surface area (Å²) in [6.07, 6.45) is 8.18. The minimum absolute atomic E-state index is 0.0169. The predicted molar refractivity (Wildman–Crippen MR) is 194 cm³/mol. The van der Waals surface area contributed by atoms with Gasteiger partial charge in [0.15, 0.2) is 0 Å². The third kappa shape index (κ3) is 19.3. The zero-order valence-electron chi connectivity index (χ0n) is 32.1. The Bertz CT molecular complexity index is 1080. The molecule has 5 N–H and O–H groups in total. The van der Waals surface area contributed by atoms with E-state index in [1.54, 1.807) is 0 Å². The standard InChI is InChI=1S/C38H68N4O8/c1-9-27(8)16-14-12-10-11-13-15-17-28-23-33(43)39-29(18-19-34(44)45)35(46)40-30(20-24(2)3)36(47)41-31(21-25(4)5)37(48)42-32(22-26(6)7)38(49)50-28/h24-32H,9-23H2,1-8H3,(H,39,43)(H,40,46)(H,41,47)(H,42,48)(H,44,45)/t27?,28-,29+,30+,31-,32+/m1/s1. The number of carboxylic acids is 1. The van der Waals surface area contributed by atoms with Crippen LogP contribution < -0.4 is 21.3 Å². The molecule has 0 bridgehead atoms. The van der Waals surface area contributed by atoms with Gasteiger partial charge in [0.1, 0.15) is 30.3 Å². The molecule has 288 valence electrons. The summed E-state index contributed by atoms with van der Waals surface area (Å²) >= 11 is 0. The van der Waals surface area contributed by atoms with Crippen molar-refractivity contribution in [2.24, 2.45) is 23.7 Å². The van der Waals surface area contributed by atoms with Gasteiger partial charge in [-0.25, -0.2) is 4.79 Å². The van der Waals surface area contributed by atoms with Gasteiger partial charge in [0.2, 0.25) is 23.6 Å². The quantitative estimate of drug-likeness (QED) is 0.0873. The number of hydrogen-bond donors (Lipinski definition) is 5. The van der Waals surface area contributed by atoms with Crippen LogP contribution in [-0.4, -0.2) is 70.9 Å². The molecule has 1 aliphatic heterocycles. The van der Waals surface area contributed by atoms with Crippen LogP contribution in [0, 0.1) is 23.7 Å². The smallest absolute Gasteiger partial charge is 0.328 e. The Hall–Kier alpha value is -3.18. The first-order valence-electron chi connectivity index (χ1n) is 19.1. The van der Waals surface area contributed by atoms with Gasteiger partial charge in [-0.3, -0.25) is 24.0 Å². The number of cyclic esters (lactones) is 1. The highest BCUT2D eigenvalue weighted by Crippen LogP contribution is 2.19. The number of hydrogen-bond acceptors (Lipinski definition) is 7. The van der Waals surface area contributed by atoms with Gasteiger partial charge in [-0.1, -0.05) is 100 Å². The molecule has 0 aromatic rings. The van der Waals surface area contributed by atoms with Crippen molar-refractivity contribution < 1.29 is 38.6 Å². The lowest BCUT2D eigenvalue weighted by Gasteiger charge is -2.29. The molecular formula is C38H68N4O8. The topological polar surface area (TPSA) is 180 Å². The molecular weight excluding hydrogens is 640 g/mol. The van der Waals surface area contributed by atoms with Gasteiger partial charge in [-0.15, -0.1) is 0 Å². The maximum atomic E-state index is 13.7. The van der Waals surface area contributed by atoms with E-state index < -0.39 is 65.8 Å². The molecule has 12 heteroatoms. The Morgan fingerprint density at radius 3 is 1.62 bits per heavy atom. The van der Waals surface area contributed by atoms with Crippen molar-refractivity contribution in [3.63, 3.8) is 0 Å². The summed E-state index contributed by atoms with van der Waals surface area (Å²) < 4.78 is 5.93. The van der Waals surface area contributed by atoms with Gasteiger partial charge in [-0.2, -0.15) is 0 Å². The monoisotopic (exact) mass is 709 g/mol. The summed E-state index contributed by atoms with van der Waals surface area (Å²) in [5.74, 6) is -3.41. The van der Waals surface area contributed by atoms with Crippen LogP contribution in [0.1, 0.15) is 152 Å². The second-order valence-corrected chi connectivity index (χ2v) is 15.6. The molecule has 0 aliphatic carbocycles. The van der Waals surface area contributed by atoms with Gasteiger partial charge in [-0.05, 0) is 62.2 Å². The molecule has 0 radical (unpaired) electrons. The minimum Gasteiger partial charge on any atom is -0.481 e. The molecule has 1 heterocycles. The van der Waals surface area contributed by atoms with Crippen molar-refractivity contribution in [1.29, 1.82) is 0 Å². The zero-order valence-corrected chi connectivity index (χ0v) is 32.1. The van der Waals surface area contributed by atoms with Crippen LogP contribution in [0.25, 0.3) is 0 Å². The number of amides is 4. The fraction of sp³-hybridized carbons (Fsp3) is 0.842. The minimum atomic E-state index is -1.23. The van der Waals surface area contributed by atoms with Crippen LogP contribution >= 0.6 is 0 Å². The third-order valence-corrected chi connectivity index (χ3v) is 9.15. The van der Waals surface area contributed by atoms with Crippen LogP contribution in [0.4, 0.5) is 0 Å². The molecule has 0 saturated carbocycles. The van der Waals surface area contributed by atoms with E-state index in [9.17, 15) is 33.9 Å². The van der Waals surface area contributed by atoms with Crippen LogP contribution in [0.2, 0.25) is 0 Å². The highest BCUT2D eigenvalue weighted by atomic mass is 16.5. The van der Waals surface area contributed by atoms with Gasteiger partial charge in [0.05, 0.1) is 6.42 Å². The molecule has 6 atom stereocenters. The lowest BCUT2D eigenvalue weighted by molar-refractivity contribution is -0.155. The molecule has 0 spiro atoms. The number of unbranched alkanes of at least 4 members (excludes halogenated alkanes) is 5. The number of aliphatic carboxylic acids is 1. The normalized spacial score (nSPS) is 23.7. The van der Waals surface area contributed by atoms with Crippen molar-refractivity contribution in [3.8, 4) is 0 Å². The summed E-state index contributed by atoms with van der Waals surface area (Å²) in [5, 5.41) is 20.3. The lowest BCUT2D eigenvalue weighted by Crippen LogP contribution is -2.58. The van der Waals surface area contributed by atoms with Gasteiger partial charge < -0.3 is 31.1 Å². The molecule has 0 aromatic heterocycles. The third-order valence-electron chi connectivity index (χ3n) is 9.15. The number of carbonyl (C=O) groups excluding carboxylic acids is 5. The van der Waals surface area contributed by atoms with E-state index >= 15 is 0 Å². The van der Waals surface area contributed by atoms with E-state index in [2.05, 4.69) is 35.1 Å². The van der Waals surface area contributed by atoms with Crippen molar-refractivity contribution in [1.82, 2.24) is 21.3 Å². The van der Waals surface area contributed by atoms with Crippen molar-refractivity contribution >= 4 is 35.6 Å². The first-order chi connectivity index (χ1) is 23.5. The van der Waals surface area contributed by atoms with E-state index in [1.807, 2.05) is 41.5 Å². The van der Waals surface area contributed by atoms with Crippen molar-refractivity contribution in [3.05, 3.63) is 0 Å². The summed E-state index contributed by atoms with van der Waals surface area (Å²) in [6, 6.07) is -4.24. The summed E-state index contributed by atoms with van der Waals surface area (Å²) in [7, 11) is 0. The molecule has 50 heavy (non-hydrogen) atoms. The summed E-state index contributed by atoms with van der Waals surface area (Å²) in [5.41, 5.74) is 0. The van der Waals surface area contributed by atoms with E-state index in [4.69, 9.17) is 4.74 Å². The fourth-order valence-corrected chi connectivity index (χ4v) is 6.13. The molecule has 1 fully saturated rings. The van der Waals surface area contributed by atoms with Crippen LogP contribution in [0.15, 0.2) is 0 Å². The zero-order chi connectivity index (χ0) is 37.8. The van der Waals surface area contributed by atoms with Gasteiger partial charge in [0, 0.05) is 6.42 Å².